The molecule has 0 bridgehead atoms. The molecular formula is C27H38N2O7SSi. The Morgan fingerprint density at radius 1 is 1.05 bits per heavy atom. The zero-order valence-corrected chi connectivity index (χ0v) is 24.2. The standard InChI is InChI=1S/C27H38N2O7SSi/c1-27(2,3)38(22-12-7-5-8-13-22,23-14-9-6-10-15-23)35-19-11-17-28-25(30)24-20-21(36-37(4,33)34)16-18-29(24)26(31)32/h5-10,12-15,21,24H,11,16-20H2,1-4H3,(H,28,30)(H,31,32)/t21-,24+/m1/s1. The number of carbonyl (C=O) groups is 2. The van der Waals surface area contributed by atoms with Crippen molar-refractivity contribution in [1.82, 2.24) is 10.2 Å². The summed E-state index contributed by atoms with van der Waals surface area (Å²) in [6.45, 7) is 7.29. The molecule has 1 aliphatic rings. The summed E-state index contributed by atoms with van der Waals surface area (Å²) in [7, 11) is -6.41. The van der Waals surface area contributed by atoms with Crippen molar-refractivity contribution in [2.75, 3.05) is 26.0 Å². The fraction of sp³-hybridized carbons (Fsp3) is 0.481. The second-order valence-corrected chi connectivity index (χ2v) is 16.5. The highest BCUT2D eigenvalue weighted by molar-refractivity contribution is 7.86. The zero-order chi connectivity index (χ0) is 28.0. The van der Waals surface area contributed by atoms with Gasteiger partial charge in [-0.15, -0.1) is 0 Å². The summed E-state index contributed by atoms with van der Waals surface area (Å²) in [4.78, 5) is 25.7. The molecule has 0 radical (unpaired) electrons. The molecule has 0 aromatic heterocycles. The van der Waals surface area contributed by atoms with Gasteiger partial charge in [0, 0.05) is 26.1 Å². The van der Waals surface area contributed by atoms with Gasteiger partial charge in [0.15, 0.2) is 0 Å². The first-order chi connectivity index (χ1) is 17.8. The lowest BCUT2D eigenvalue weighted by molar-refractivity contribution is -0.128. The summed E-state index contributed by atoms with van der Waals surface area (Å²) >= 11 is 0. The van der Waals surface area contributed by atoms with Crippen LogP contribution in [0.1, 0.15) is 40.0 Å². The Kier molecular flexibility index (Phi) is 9.74. The van der Waals surface area contributed by atoms with Crippen molar-refractivity contribution in [3.8, 4) is 0 Å². The first-order valence-electron chi connectivity index (χ1n) is 12.8. The summed E-state index contributed by atoms with van der Waals surface area (Å²) in [6, 6.07) is 19.5. The van der Waals surface area contributed by atoms with Gasteiger partial charge >= 0.3 is 6.09 Å². The molecule has 2 atom stereocenters. The van der Waals surface area contributed by atoms with E-state index in [1.54, 1.807) is 0 Å². The molecule has 1 heterocycles. The fourth-order valence-corrected chi connectivity index (χ4v) is 10.4. The van der Waals surface area contributed by atoms with Crippen molar-refractivity contribution in [2.45, 2.75) is 57.2 Å². The average Bonchev–Trinajstić information content (AvgIpc) is 2.85. The minimum Gasteiger partial charge on any atom is -0.465 e. The van der Waals surface area contributed by atoms with Crippen LogP contribution < -0.4 is 15.7 Å². The lowest BCUT2D eigenvalue weighted by Crippen LogP contribution is -2.66. The van der Waals surface area contributed by atoms with Crippen LogP contribution in [-0.2, 0) is 23.5 Å². The average molecular weight is 563 g/mol. The predicted octanol–water partition coefficient (Wildman–Crippen LogP) is 2.56. The van der Waals surface area contributed by atoms with Crippen molar-refractivity contribution in [3.05, 3.63) is 60.7 Å². The fourth-order valence-electron chi connectivity index (χ4n) is 5.13. The number of benzene rings is 2. The maximum atomic E-state index is 12.9. The van der Waals surface area contributed by atoms with E-state index in [0.29, 0.717) is 19.6 Å². The van der Waals surface area contributed by atoms with Crippen molar-refractivity contribution in [1.29, 1.82) is 0 Å². The van der Waals surface area contributed by atoms with E-state index in [1.165, 1.54) is 10.4 Å². The number of hydrogen-bond donors (Lipinski definition) is 2. The number of nitrogens with zero attached hydrogens (tertiary/aromatic N) is 1. The third kappa shape index (κ3) is 7.22. The van der Waals surface area contributed by atoms with Gasteiger partial charge in [0.2, 0.25) is 5.91 Å². The van der Waals surface area contributed by atoms with E-state index >= 15 is 0 Å². The van der Waals surface area contributed by atoms with Gasteiger partial charge in [-0.05, 0) is 28.3 Å². The van der Waals surface area contributed by atoms with E-state index in [-0.39, 0.29) is 24.4 Å². The molecule has 11 heteroatoms. The molecule has 0 unspecified atom stereocenters. The first-order valence-corrected chi connectivity index (χ1v) is 16.5. The van der Waals surface area contributed by atoms with Crippen LogP contribution in [0.3, 0.4) is 0 Å². The highest BCUT2D eigenvalue weighted by atomic mass is 32.2. The highest BCUT2D eigenvalue weighted by Gasteiger charge is 2.50. The summed E-state index contributed by atoms with van der Waals surface area (Å²) in [5.41, 5.74) is 0. The smallest absolute Gasteiger partial charge is 0.407 e. The van der Waals surface area contributed by atoms with Crippen molar-refractivity contribution in [2.24, 2.45) is 0 Å². The van der Waals surface area contributed by atoms with Crippen molar-refractivity contribution >= 4 is 40.8 Å². The normalized spacial score (nSPS) is 18.7. The number of amides is 2. The summed E-state index contributed by atoms with van der Waals surface area (Å²) in [6.07, 6.45) is -0.316. The Balaban J connectivity index is 1.68. The molecular weight excluding hydrogens is 524 g/mol. The van der Waals surface area contributed by atoms with Gasteiger partial charge in [-0.3, -0.25) is 13.9 Å². The molecule has 1 fully saturated rings. The molecule has 0 spiro atoms. The van der Waals surface area contributed by atoms with Crippen LogP contribution in [0.2, 0.25) is 5.04 Å². The van der Waals surface area contributed by atoms with Gasteiger partial charge in [-0.1, -0.05) is 81.4 Å². The molecule has 9 nitrogen and oxygen atoms in total. The molecule has 2 N–H and O–H groups in total. The Morgan fingerprint density at radius 3 is 2.08 bits per heavy atom. The topological polar surface area (TPSA) is 122 Å². The van der Waals surface area contributed by atoms with Crippen LogP contribution in [0, 0.1) is 0 Å². The minimum absolute atomic E-state index is 0.0184. The second-order valence-electron chi connectivity index (χ2n) is 10.6. The largest absolute Gasteiger partial charge is 0.465 e. The third-order valence-electron chi connectivity index (χ3n) is 6.77. The monoisotopic (exact) mass is 562 g/mol. The summed E-state index contributed by atoms with van der Waals surface area (Å²) in [5, 5.41) is 14.5. The summed E-state index contributed by atoms with van der Waals surface area (Å²) < 4.78 is 34.9. The van der Waals surface area contributed by atoms with E-state index in [2.05, 4.69) is 50.4 Å². The van der Waals surface area contributed by atoms with E-state index in [9.17, 15) is 23.1 Å². The molecule has 208 valence electrons. The van der Waals surface area contributed by atoms with Crippen LogP contribution >= 0.6 is 0 Å². The van der Waals surface area contributed by atoms with Gasteiger partial charge in [0.1, 0.15) is 6.04 Å². The molecule has 0 aliphatic carbocycles. The molecule has 38 heavy (non-hydrogen) atoms. The Hall–Kier alpha value is -2.73. The van der Waals surface area contributed by atoms with Crippen LogP contribution in [-0.4, -0.2) is 76.8 Å². The summed E-state index contributed by atoms with van der Waals surface area (Å²) in [5.74, 6) is -0.473. The number of nitrogens with one attached hydrogen (secondary N) is 1. The van der Waals surface area contributed by atoms with E-state index in [1.807, 2.05) is 36.4 Å². The van der Waals surface area contributed by atoms with Crippen LogP contribution in [0.4, 0.5) is 4.79 Å². The predicted molar refractivity (Wildman–Crippen MR) is 149 cm³/mol. The van der Waals surface area contributed by atoms with Crippen LogP contribution in [0.5, 0.6) is 0 Å². The number of rotatable bonds is 10. The van der Waals surface area contributed by atoms with Gasteiger partial charge in [-0.25, -0.2) is 4.79 Å². The van der Waals surface area contributed by atoms with Crippen LogP contribution in [0.25, 0.3) is 0 Å². The van der Waals surface area contributed by atoms with Gasteiger partial charge in [0.05, 0.1) is 12.4 Å². The molecule has 2 amide bonds. The molecule has 2 aromatic rings. The van der Waals surface area contributed by atoms with Crippen molar-refractivity contribution in [3.63, 3.8) is 0 Å². The van der Waals surface area contributed by atoms with E-state index in [0.717, 1.165) is 11.2 Å². The number of piperidine rings is 1. The number of hydrogen-bond acceptors (Lipinski definition) is 6. The number of likely N-dealkylation sites (tertiary alicyclic amines) is 1. The van der Waals surface area contributed by atoms with E-state index < -0.39 is 42.6 Å². The quantitative estimate of drug-likeness (QED) is 0.259. The molecule has 3 rings (SSSR count). The maximum absolute atomic E-state index is 12.9. The molecule has 0 saturated carbocycles. The van der Waals surface area contributed by atoms with Gasteiger partial charge < -0.3 is 14.8 Å². The SMILES string of the molecule is CC(C)(C)[Si](OCCCNC(=O)[C@@H]1C[C@H](OS(C)(=O)=O)CCN1C(=O)O)(c1ccccc1)c1ccccc1. The molecule has 1 aliphatic heterocycles. The van der Waals surface area contributed by atoms with Gasteiger partial charge in [-0.2, -0.15) is 8.42 Å². The third-order valence-corrected chi connectivity index (χ3v) is 12.4. The Labute approximate surface area is 226 Å². The minimum atomic E-state index is -3.72. The second kappa shape index (κ2) is 12.4. The maximum Gasteiger partial charge on any atom is 0.407 e. The molecule has 1 saturated heterocycles. The molecule has 2 aromatic carbocycles. The Bertz CT molecular complexity index is 1150. The van der Waals surface area contributed by atoms with E-state index in [4.69, 9.17) is 8.61 Å². The number of carbonyl (C=O) groups excluding carboxylic acids is 1. The number of carboxylic acid groups (broad SMARTS) is 1. The zero-order valence-electron chi connectivity index (χ0n) is 22.4. The lowest BCUT2D eigenvalue weighted by Gasteiger charge is -2.43. The van der Waals surface area contributed by atoms with Crippen LogP contribution in [0.15, 0.2) is 60.7 Å². The highest BCUT2D eigenvalue weighted by Crippen LogP contribution is 2.36. The van der Waals surface area contributed by atoms with Crippen molar-refractivity contribution < 1.29 is 31.7 Å². The Morgan fingerprint density at radius 2 is 1.61 bits per heavy atom. The first kappa shape index (κ1) is 29.8. The lowest BCUT2D eigenvalue weighted by atomic mass is 9.99. The van der Waals surface area contributed by atoms with Gasteiger partial charge in [0.25, 0.3) is 18.4 Å².